The summed E-state index contributed by atoms with van der Waals surface area (Å²) in [5.41, 5.74) is 0.767. The molecule has 5 heteroatoms. The fourth-order valence-corrected chi connectivity index (χ4v) is 1.15. The van der Waals surface area contributed by atoms with E-state index in [0.29, 0.717) is 24.2 Å². The monoisotopic (exact) mass is 299 g/mol. The molecule has 0 radical (unpaired) electrons. The van der Waals surface area contributed by atoms with E-state index in [1.807, 2.05) is 19.0 Å². The van der Waals surface area contributed by atoms with Crippen molar-refractivity contribution in [2.24, 2.45) is 0 Å². The highest BCUT2D eigenvalue weighted by atomic mass is 16.5. The predicted molar refractivity (Wildman–Crippen MR) is 85.2 cm³/mol. The molecule has 0 aromatic rings. The lowest BCUT2D eigenvalue weighted by atomic mass is 10.1. The van der Waals surface area contributed by atoms with Gasteiger partial charge in [0, 0.05) is 11.1 Å². The predicted octanol–water partition coefficient (Wildman–Crippen LogP) is 2.87. The summed E-state index contributed by atoms with van der Waals surface area (Å²) in [6, 6.07) is 0. The molecule has 0 aromatic heterocycles. The molecule has 5 nitrogen and oxygen atoms in total. The molecule has 122 valence electrons. The minimum Gasteiger partial charge on any atom is -0.478 e. The van der Waals surface area contributed by atoms with Gasteiger partial charge in [-0.3, -0.25) is 0 Å². The Morgan fingerprint density at radius 1 is 1.19 bits per heavy atom. The number of hydrogen-bond acceptors (Lipinski definition) is 4. The Kier molecular flexibility index (Phi) is 13.8. The number of hydrogen-bond donors (Lipinski definition) is 1. The minimum absolute atomic E-state index is 0.284. The fourth-order valence-electron chi connectivity index (χ4n) is 1.15. The van der Waals surface area contributed by atoms with Gasteiger partial charge in [0.1, 0.15) is 0 Å². The highest BCUT2D eigenvalue weighted by Gasteiger charge is 2.02. The second-order valence-corrected chi connectivity index (χ2v) is 5.09. The van der Waals surface area contributed by atoms with Gasteiger partial charge in [-0.2, -0.15) is 0 Å². The third kappa shape index (κ3) is 16.3. The second kappa shape index (κ2) is 13.4. The van der Waals surface area contributed by atoms with Gasteiger partial charge in [0.05, 0.1) is 6.61 Å². The molecule has 0 saturated heterocycles. The Hall–Kier alpha value is -1.62. The molecule has 0 fully saturated rings. The zero-order valence-corrected chi connectivity index (χ0v) is 13.8. The van der Waals surface area contributed by atoms with Crippen LogP contribution in [0.25, 0.3) is 0 Å². The molecule has 21 heavy (non-hydrogen) atoms. The van der Waals surface area contributed by atoms with Gasteiger partial charge in [0.25, 0.3) is 0 Å². The number of carbonyl (C=O) groups is 2. The van der Waals surface area contributed by atoms with Gasteiger partial charge in [-0.25, -0.2) is 9.59 Å². The average molecular weight is 299 g/mol. The lowest BCUT2D eigenvalue weighted by molar-refractivity contribution is -0.139. The Balaban J connectivity index is 0. The van der Waals surface area contributed by atoms with E-state index in [9.17, 15) is 9.59 Å². The first-order chi connectivity index (χ1) is 9.72. The van der Waals surface area contributed by atoms with Crippen LogP contribution < -0.4 is 0 Å². The van der Waals surface area contributed by atoms with E-state index in [4.69, 9.17) is 9.84 Å². The maximum Gasteiger partial charge on any atom is 0.333 e. The van der Waals surface area contributed by atoms with E-state index in [-0.39, 0.29) is 5.97 Å². The van der Waals surface area contributed by atoms with Crippen LogP contribution in [0, 0.1) is 0 Å². The molecular weight excluding hydrogens is 270 g/mol. The van der Waals surface area contributed by atoms with E-state index >= 15 is 0 Å². The molecule has 0 aromatic carbocycles. The molecule has 0 amide bonds. The number of nitrogens with zero attached hydrogens (tertiary/aromatic N) is 1. The van der Waals surface area contributed by atoms with Gasteiger partial charge in [0.15, 0.2) is 0 Å². The van der Waals surface area contributed by atoms with Gasteiger partial charge in [0.2, 0.25) is 0 Å². The van der Waals surface area contributed by atoms with Crippen LogP contribution in [-0.2, 0) is 14.3 Å². The van der Waals surface area contributed by atoms with Crippen molar-refractivity contribution in [2.45, 2.75) is 39.5 Å². The van der Waals surface area contributed by atoms with Crippen LogP contribution in [-0.4, -0.2) is 49.2 Å². The Morgan fingerprint density at radius 3 is 2.14 bits per heavy atom. The quantitative estimate of drug-likeness (QED) is 0.403. The first-order valence-electron chi connectivity index (χ1n) is 7.10. The topological polar surface area (TPSA) is 66.8 Å². The van der Waals surface area contributed by atoms with Crippen LogP contribution in [0.4, 0.5) is 0 Å². The first-order valence-corrected chi connectivity index (χ1v) is 7.10. The highest BCUT2D eigenvalue weighted by Crippen LogP contribution is 2.02. The maximum absolute atomic E-state index is 10.7. The molecular formula is C16H29NO4. The van der Waals surface area contributed by atoms with E-state index in [1.54, 1.807) is 6.92 Å². The van der Waals surface area contributed by atoms with Crippen LogP contribution in [0.15, 0.2) is 24.3 Å². The largest absolute Gasteiger partial charge is 0.478 e. The van der Waals surface area contributed by atoms with Crippen molar-refractivity contribution in [3.8, 4) is 0 Å². The number of aliphatic carboxylic acids is 1. The normalized spacial score (nSPS) is 9.57. The zero-order chi connectivity index (χ0) is 16.8. The van der Waals surface area contributed by atoms with E-state index in [0.717, 1.165) is 25.8 Å². The van der Waals surface area contributed by atoms with Crippen LogP contribution in [0.5, 0.6) is 0 Å². The van der Waals surface area contributed by atoms with Gasteiger partial charge >= 0.3 is 11.9 Å². The fraction of sp³-hybridized carbons (Fsp3) is 0.625. The molecule has 0 saturated carbocycles. The van der Waals surface area contributed by atoms with Gasteiger partial charge < -0.3 is 14.7 Å². The second-order valence-electron chi connectivity index (χ2n) is 5.09. The van der Waals surface area contributed by atoms with Crippen molar-refractivity contribution >= 4 is 11.9 Å². The van der Waals surface area contributed by atoms with Crippen LogP contribution in [0.2, 0.25) is 0 Å². The molecule has 0 bridgehead atoms. The van der Waals surface area contributed by atoms with E-state index < -0.39 is 5.97 Å². The number of carbonyl (C=O) groups excluding carboxylic acids is 1. The molecule has 0 atom stereocenters. The van der Waals surface area contributed by atoms with Crippen LogP contribution in [0.1, 0.15) is 39.5 Å². The third-order valence-corrected chi connectivity index (χ3v) is 2.47. The number of rotatable bonds is 9. The minimum atomic E-state index is -0.885. The van der Waals surface area contributed by atoms with Crippen molar-refractivity contribution in [2.75, 3.05) is 27.2 Å². The highest BCUT2D eigenvalue weighted by molar-refractivity contribution is 5.86. The van der Waals surface area contributed by atoms with Crippen molar-refractivity contribution in [3.63, 3.8) is 0 Å². The van der Waals surface area contributed by atoms with E-state index in [1.165, 1.54) is 0 Å². The molecule has 0 aliphatic rings. The Bertz CT molecular complexity index is 348. The summed E-state index contributed by atoms with van der Waals surface area (Å²) < 4.78 is 4.81. The summed E-state index contributed by atoms with van der Waals surface area (Å²) in [6.45, 7) is 12.0. The lowest BCUT2D eigenvalue weighted by Gasteiger charge is -2.08. The summed E-state index contributed by atoms with van der Waals surface area (Å²) in [5.74, 6) is -1.17. The molecule has 1 N–H and O–H groups in total. The maximum atomic E-state index is 10.7. The zero-order valence-electron chi connectivity index (χ0n) is 13.8. The van der Waals surface area contributed by atoms with Gasteiger partial charge in [-0.1, -0.05) is 26.5 Å². The van der Waals surface area contributed by atoms with Crippen LogP contribution in [0.3, 0.4) is 0 Å². The van der Waals surface area contributed by atoms with E-state index in [2.05, 4.69) is 20.1 Å². The molecule has 0 rings (SSSR count). The SMILES string of the molecule is C=C(C)C(=O)OCCCC.C=C(CCCN(C)C)C(=O)O. The first kappa shape index (κ1) is 21.7. The summed E-state index contributed by atoms with van der Waals surface area (Å²) in [4.78, 5) is 23.0. The average Bonchev–Trinajstić information content (AvgIpc) is 2.38. The van der Waals surface area contributed by atoms with Crippen molar-refractivity contribution in [3.05, 3.63) is 24.3 Å². The van der Waals surface area contributed by atoms with Gasteiger partial charge in [-0.05, 0) is 46.8 Å². The number of unbranched alkanes of at least 4 members (excludes halogenated alkanes) is 1. The number of carboxylic acids is 1. The summed E-state index contributed by atoms with van der Waals surface area (Å²) in [7, 11) is 3.92. The molecule has 0 aliphatic carbocycles. The number of carboxylic acid groups (broad SMARTS) is 1. The standard InChI is InChI=1S/C8H15NO2.C8H14O2/c1-7(8(10)11)5-4-6-9(2)3;1-4-5-6-10-8(9)7(2)3/h1,4-6H2,2-3H3,(H,10,11);2,4-6H2,1,3H3. The Morgan fingerprint density at radius 2 is 1.76 bits per heavy atom. The summed E-state index contributed by atoms with van der Waals surface area (Å²) in [6.07, 6.45) is 3.41. The van der Waals surface area contributed by atoms with Crippen LogP contribution >= 0.6 is 0 Å². The van der Waals surface area contributed by atoms with Crippen molar-refractivity contribution < 1.29 is 19.4 Å². The summed E-state index contributed by atoms with van der Waals surface area (Å²) in [5, 5.41) is 8.43. The molecule has 0 aliphatic heterocycles. The summed E-state index contributed by atoms with van der Waals surface area (Å²) >= 11 is 0. The van der Waals surface area contributed by atoms with Crippen molar-refractivity contribution in [1.29, 1.82) is 0 Å². The van der Waals surface area contributed by atoms with Crippen molar-refractivity contribution in [1.82, 2.24) is 4.90 Å². The smallest absolute Gasteiger partial charge is 0.333 e. The molecule has 0 spiro atoms. The van der Waals surface area contributed by atoms with Gasteiger partial charge in [-0.15, -0.1) is 0 Å². The number of ether oxygens (including phenoxy) is 1. The third-order valence-electron chi connectivity index (χ3n) is 2.47. The lowest BCUT2D eigenvalue weighted by Crippen LogP contribution is -2.13. The molecule has 0 unspecified atom stereocenters. The molecule has 0 heterocycles. The Labute approximate surface area is 128 Å². The number of esters is 1.